The Morgan fingerprint density at radius 1 is 1.47 bits per heavy atom. The molecule has 1 N–H and O–H groups in total. The number of morpholine rings is 1. The third-order valence-electron chi connectivity index (χ3n) is 3.97. The minimum Gasteiger partial charge on any atom is -0.367 e. The highest BCUT2D eigenvalue weighted by Crippen LogP contribution is 2.20. The number of aromatic nitrogens is 2. The van der Waals surface area contributed by atoms with Gasteiger partial charge in [0.15, 0.2) is 0 Å². The van der Waals surface area contributed by atoms with Crippen molar-refractivity contribution in [3.8, 4) is 0 Å². The van der Waals surface area contributed by atoms with E-state index < -0.39 is 0 Å². The lowest BCUT2D eigenvalue weighted by Gasteiger charge is -2.27. The highest BCUT2D eigenvalue weighted by molar-refractivity contribution is 4.94. The van der Waals surface area contributed by atoms with Crippen LogP contribution in [0.5, 0.6) is 0 Å². The van der Waals surface area contributed by atoms with E-state index in [1.165, 1.54) is 6.42 Å². The number of nitrogens with zero attached hydrogens (tertiary/aromatic N) is 3. The number of aryl methyl sites for hydroxylation is 1. The van der Waals surface area contributed by atoms with Crippen molar-refractivity contribution in [2.45, 2.75) is 25.4 Å². The molecule has 2 atom stereocenters. The van der Waals surface area contributed by atoms with E-state index in [0.717, 1.165) is 57.4 Å². The zero-order valence-corrected chi connectivity index (χ0v) is 11.5. The van der Waals surface area contributed by atoms with Crippen LogP contribution in [0.15, 0.2) is 4.52 Å². The zero-order chi connectivity index (χ0) is 13.1. The number of nitrogens with one attached hydrogen (secondary N) is 1. The molecule has 3 heterocycles. The smallest absolute Gasteiger partial charge is 0.226 e. The maximum atomic E-state index is 5.69. The quantitative estimate of drug-likeness (QED) is 0.861. The number of hydrogen-bond donors (Lipinski definition) is 1. The van der Waals surface area contributed by atoms with E-state index in [0.29, 0.717) is 5.82 Å². The van der Waals surface area contributed by atoms with Crippen molar-refractivity contribution in [1.82, 2.24) is 20.4 Å². The van der Waals surface area contributed by atoms with E-state index in [2.05, 4.69) is 27.4 Å². The van der Waals surface area contributed by atoms with Crippen molar-refractivity contribution < 1.29 is 9.26 Å². The summed E-state index contributed by atoms with van der Waals surface area (Å²) in [6, 6.07) is 0. The Kier molecular flexibility index (Phi) is 4.10. The maximum Gasteiger partial charge on any atom is 0.226 e. The molecule has 0 radical (unpaired) electrons. The Morgan fingerprint density at radius 3 is 3.21 bits per heavy atom. The van der Waals surface area contributed by atoms with Gasteiger partial charge in [-0.1, -0.05) is 5.16 Å². The van der Waals surface area contributed by atoms with Crippen molar-refractivity contribution in [3.63, 3.8) is 0 Å². The van der Waals surface area contributed by atoms with E-state index >= 15 is 0 Å². The van der Waals surface area contributed by atoms with Crippen molar-refractivity contribution in [3.05, 3.63) is 11.7 Å². The van der Waals surface area contributed by atoms with Crippen LogP contribution in [0, 0.1) is 5.92 Å². The van der Waals surface area contributed by atoms with Gasteiger partial charge in [-0.3, -0.25) is 0 Å². The van der Waals surface area contributed by atoms with E-state index in [-0.39, 0.29) is 6.10 Å². The fourth-order valence-corrected chi connectivity index (χ4v) is 2.72. The van der Waals surface area contributed by atoms with Crippen LogP contribution >= 0.6 is 0 Å². The minimum absolute atomic E-state index is 0.0376. The molecular formula is C13H22N4O2. The molecule has 6 heteroatoms. The number of ether oxygens (including phenoxy) is 1. The van der Waals surface area contributed by atoms with Gasteiger partial charge >= 0.3 is 0 Å². The second-order valence-electron chi connectivity index (χ2n) is 5.57. The van der Waals surface area contributed by atoms with Gasteiger partial charge in [-0.2, -0.15) is 4.98 Å². The van der Waals surface area contributed by atoms with E-state index in [1.54, 1.807) is 0 Å². The minimum atomic E-state index is -0.0376. The summed E-state index contributed by atoms with van der Waals surface area (Å²) < 4.78 is 11.0. The predicted molar refractivity (Wildman–Crippen MR) is 69.8 cm³/mol. The van der Waals surface area contributed by atoms with Crippen LogP contribution in [0.4, 0.5) is 0 Å². The van der Waals surface area contributed by atoms with Gasteiger partial charge in [0.05, 0.1) is 6.61 Å². The monoisotopic (exact) mass is 266 g/mol. The first-order valence-electron chi connectivity index (χ1n) is 7.14. The van der Waals surface area contributed by atoms with Crippen LogP contribution in [-0.2, 0) is 11.2 Å². The molecule has 0 amide bonds. The third-order valence-corrected chi connectivity index (χ3v) is 3.97. The molecule has 0 aromatic carbocycles. The molecule has 2 saturated heterocycles. The van der Waals surface area contributed by atoms with Crippen LogP contribution in [0.25, 0.3) is 0 Å². The fourth-order valence-electron chi connectivity index (χ4n) is 2.72. The largest absolute Gasteiger partial charge is 0.367 e. The molecule has 0 aliphatic carbocycles. The molecule has 2 aliphatic rings. The molecule has 106 valence electrons. The fraction of sp³-hybridized carbons (Fsp3) is 0.846. The van der Waals surface area contributed by atoms with Gasteiger partial charge in [-0.25, -0.2) is 0 Å². The predicted octanol–water partition coefficient (Wildman–Crippen LogP) is 0.615. The summed E-state index contributed by atoms with van der Waals surface area (Å²) in [6.07, 6.45) is 3.23. The number of likely N-dealkylation sites (N-methyl/N-ethyl adjacent to an activating group) is 1. The summed E-state index contributed by atoms with van der Waals surface area (Å²) in [7, 11) is 2.09. The van der Waals surface area contributed by atoms with Crippen LogP contribution in [0.3, 0.4) is 0 Å². The molecule has 6 nitrogen and oxygen atoms in total. The molecule has 2 unspecified atom stereocenters. The number of hydrogen-bond acceptors (Lipinski definition) is 6. The van der Waals surface area contributed by atoms with Gasteiger partial charge in [-0.05, 0) is 38.9 Å². The first kappa shape index (κ1) is 13.0. The summed E-state index contributed by atoms with van der Waals surface area (Å²) >= 11 is 0. The molecule has 19 heavy (non-hydrogen) atoms. The van der Waals surface area contributed by atoms with Crippen LogP contribution in [-0.4, -0.2) is 54.9 Å². The summed E-state index contributed by atoms with van der Waals surface area (Å²) in [4.78, 5) is 6.71. The van der Waals surface area contributed by atoms with Crippen molar-refractivity contribution in [2.75, 3.05) is 39.8 Å². The van der Waals surface area contributed by atoms with E-state index in [9.17, 15) is 0 Å². The second kappa shape index (κ2) is 5.98. The Morgan fingerprint density at radius 2 is 2.42 bits per heavy atom. The zero-order valence-electron chi connectivity index (χ0n) is 11.5. The summed E-state index contributed by atoms with van der Waals surface area (Å²) in [5.74, 6) is 2.21. The second-order valence-corrected chi connectivity index (χ2v) is 5.57. The third kappa shape index (κ3) is 3.32. The van der Waals surface area contributed by atoms with Gasteiger partial charge in [0.1, 0.15) is 6.10 Å². The first-order chi connectivity index (χ1) is 9.31. The van der Waals surface area contributed by atoms with Crippen molar-refractivity contribution in [2.24, 2.45) is 5.92 Å². The number of rotatable bonds is 4. The first-order valence-corrected chi connectivity index (χ1v) is 7.14. The lowest BCUT2D eigenvalue weighted by molar-refractivity contribution is -0.0264. The molecule has 0 spiro atoms. The van der Waals surface area contributed by atoms with E-state index in [1.807, 2.05) is 0 Å². The van der Waals surface area contributed by atoms with Crippen molar-refractivity contribution in [1.29, 1.82) is 0 Å². The SMILES string of the molecule is CN1CCOC(c2noc(CCC3CCNC3)n2)C1. The molecule has 1 aromatic rings. The molecule has 0 bridgehead atoms. The summed E-state index contributed by atoms with van der Waals surface area (Å²) in [5, 5.41) is 7.44. The average molecular weight is 266 g/mol. The lowest BCUT2D eigenvalue weighted by Crippen LogP contribution is -2.35. The normalized spacial score (nSPS) is 28.9. The highest BCUT2D eigenvalue weighted by atomic mass is 16.5. The van der Waals surface area contributed by atoms with Gasteiger partial charge < -0.3 is 19.5 Å². The Labute approximate surface area is 113 Å². The molecule has 0 saturated carbocycles. The topological polar surface area (TPSA) is 63.4 Å². The lowest BCUT2D eigenvalue weighted by atomic mass is 10.0. The summed E-state index contributed by atoms with van der Waals surface area (Å²) in [5.41, 5.74) is 0. The van der Waals surface area contributed by atoms with Gasteiger partial charge in [0.25, 0.3) is 0 Å². The van der Waals surface area contributed by atoms with Gasteiger partial charge in [-0.15, -0.1) is 0 Å². The molecule has 2 aliphatic heterocycles. The Bertz CT molecular complexity index is 403. The van der Waals surface area contributed by atoms with Crippen LogP contribution < -0.4 is 5.32 Å². The molecule has 2 fully saturated rings. The summed E-state index contributed by atoms with van der Waals surface area (Å²) in [6.45, 7) is 4.81. The maximum absolute atomic E-state index is 5.69. The van der Waals surface area contributed by atoms with Crippen molar-refractivity contribution >= 4 is 0 Å². The van der Waals surface area contributed by atoms with Crippen LogP contribution in [0.1, 0.15) is 30.7 Å². The molecule has 3 rings (SSSR count). The van der Waals surface area contributed by atoms with Crippen LogP contribution in [0.2, 0.25) is 0 Å². The van der Waals surface area contributed by atoms with E-state index in [4.69, 9.17) is 9.26 Å². The highest BCUT2D eigenvalue weighted by Gasteiger charge is 2.24. The van der Waals surface area contributed by atoms with Gasteiger partial charge in [0.2, 0.25) is 11.7 Å². The molecular weight excluding hydrogens is 244 g/mol. The Hall–Kier alpha value is -0.980. The molecule has 1 aromatic heterocycles. The average Bonchev–Trinajstić information content (AvgIpc) is 3.08. The Balaban J connectivity index is 1.53. The standard InChI is InChI=1S/C13H22N4O2/c1-17-6-7-18-11(9-17)13-15-12(19-16-13)3-2-10-4-5-14-8-10/h10-11,14H,2-9H2,1H3. The van der Waals surface area contributed by atoms with Gasteiger partial charge in [0, 0.05) is 19.5 Å².